The van der Waals surface area contributed by atoms with Gasteiger partial charge in [0.25, 0.3) is 5.91 Å². The highest BCUT2D eigenvalue weighted by Gasteiger charge is 2.40. The van der Waals surface area contributed by atoms with Crippen LogP contribution in [0.4, 0.5) is 5.69 Å². The Balaban J connectivity index is 1.37. The van der Waals surface area contributed by atoms with Crippen LogP contribution >= 0.6 is 0 Å². The first-order valence-corrected chi connectivity index (χ1v) is 14.1. The molecule has 2 atom stereocenters. The fourth-order valence-electron chi connectivity index (χ4n) is 5.49. The summed E-state index contributed by atoms with van der Waals surface area (Å²) in [4.78, 5) is 45.6. The highest BCUT2D eigenvalue weighted by atomic mass is 16.5. The zero-order valence-electron chi connectivity index (χ0n) is 24.2. The Labute approximate surface area is 245 Å². The number of methoxy groups -OCH3 is 1. The van der Waals surface area contributed by atoms with Gasteiger partial charge in [0, 0.05) is 70.4 Å². The van der Waals surface area contributed by atoms with Gasteiger partial charge in [0.2, 0.25) is 11.8 Å². The standard InChI is InChI=1S/C30H37N7O5/c1-34(2)23-6-4-5-22(15-23)30(40)36-12-10-31-29(39)25-18-37(28(38)9-11-35-19-32-33-20-35)17-24(25)21-7-8-26(41-3)27(16-21)42-14-13-36/h4-8,15-16,19-20,24-25H,9-14,17-18H2,1-3H3,(H,31,39)/t24-,25+/m1/s1. The molecule has 5 rings (SSSR count). The van der Waals surface area contributed by atoms with Crippen LogP contribution in [0.15, 0.2) is 55.1 Å². The molecule has 0 spiro atoms. The summed E-state index contributed by atoms with van der Waals surface area (Å²) in [6.07, 6.45) is 3.43. The molecule has 1 aromatic heterocycles. The average molecular weight is 576 g/mol. The average Bonchev–Trinajstić information content (AvgIpc) is 3.69. The molecule has 222 valence electrons. The third-order valence-corrected chi connectivity index (χ3v) is 7.87. The predicted molar refractivity (Wildman–Crippen MR) is 156 cm³/mol. The molecule has 2 bridgehead atoms. The van der Waals surface area contributed by atoms with Gasteiger partial charge in [0.15, 0.2) is 11.5 Å². The number of fused-ring (bicyclic) bond motifs is 4. The highest BCUT2D eigenvalue weighted by molar-refractivity contribution is 5.95. The first-order chi connectivity index (χ1) is 20.3. The molecule has 42 heavy (non-hydrogen) atoms. The van der Waals surface area contributed by atoms with Crippen molar-refractivity contribution in [2.24, 2.45) is 5.92 Å². The predicted octanol–water partition coefficient (Wildman–Crippen LogP) is 1.64. The van der Waals surface area contributed by atoms with Gasteiger partial charge in [-0.3, -0.25) is 14.4 Å². The molecule has 3 heterocycles. The van der Waals surface area contributed by atoms with Crippen molar-refractivity contribution in [1.29, 1.82) is 0 Å². The van der Waals surface area contributed by atoms with E-state index in [1.807, 2.05) is 55.4 Å². The van der Waals surface area contributed by atoms with Crippen molar-refractivity contribution in [2.45, 2.75) is 18.9 Å². The smallest absolute Gasteiger partial charge is 0.254 e. The van der Waals surface area contributed by atoms with Crippen molar-refractivity contribution in [3.63, 3.8) is 0 Å². The van der Waals surface area contributed by atoms with Gasteiger partial charge in [-0.05, 0) is 35.9 Å². The number of carbonyl (C=O) groups excluding carboxylic acids is 3. The fourth-order valence-corrected chi connectivity index (χ4v) is 5.49. The molecule has 0 saturated carbocycles. The molecule has 0 unspecified atom stereocenters. The van der Waals surface area contributed by atoms with Gasteiger partial charge >= 0.3 is 0 Å². The summed E-state index contributed by atoms with van der Waals surface area (Å²) in [5, 5.41) is 10.6. The molecular formula is C30H37N7O5. The van der Waals surface area contributed by atoms with Gasteiger partial charge in [-0.15, -0.1) is 10.2 Å². The van der Waals surface area contributed by atoms with E-state index in [2.05, 4.69) is 15.5 Å². The summed E-state index contributed by atoms with van der Waals surface area (Å²) in [5.41, 5.74) is 2.38. The molecular weight excluding hydrogens is 538 g/mol. The molecule has 2 aromatic carbocycles. The van der Waals surface area contributed by atoms with Crippen LogP contribution in [0.2, 0.25) is 0 Å². The number of ether oxygens (including phenoxy) is 2. The SMILES string of the molecule is COc1ccc2cc1OCCN(C(=O)c1cccc(N(C)C)c1)CCNC(=O)[C@H]1CN(C(=O)CCn3cnnc3)C[C@H]21. The number of carbonyl (C=O) groups is 3. The Morgan fingerprint density at radius 2 is 1.83 bits per heavy atom. The van der Waals surface area contributed by atoms with E-state index in [-0.39, 0.29) is 43.2 Å². The Bertz CT molecular complexity index is 1410. The van der Waals surface area contributed by atoms with Crippen LogP contribution in [-0.2, 0) is 16.1 Å². The minimum atomic E-state index is -0.452. The van der Waals surface area contributed by atoms with E-state index in [1.54, 1.807) is 40.2 Å². The third-order valence-electron chi connectivity index (χ3n) is 7.87. The Hall–Kier alpha value is -4.61. The van der Waals surface area contributed by atoms with Crippen molar-refractivity contribution < 1.29 is 23.9 Å². The first kappa shape index (κ1) is 28.9. The van der Waals surface area contributed by atoms with Crippen LogP contribution in [0.25, 0.3) is 0 Å². The van der Waals surface area contributed by atoms with Crippen molar-refractivity contribution in [3.05, 3.63) is 66.2 Å². The molecule has 3 amide bonds. The van der Waals surface area contributed by atoms with Crippen LogP contribution in [0.3, 0.4) is 0 Å². The zero-order chi connectivity index (χ0) is 29.6. The van der Waals surface area contributed by atoms with Gasteiger partial charge in [-0.2, -0.15) is 0 Å². The molecule has 12 heteroatoms. The lowest BCUT2D eigenvalue weighted by Gasteiger charge is -2.24. The summed E-state index contributed by atoms with van der Waals surface area (Å²) in [5.74, 6) is 0.103. The van der Waals surface area contributed by atoms with Crippen LogP contribution in [-0.4, -0.2) is 103 Å². The minimum absolute atomic E-state index is 0.0353. The van der Waals surface area contributed by atoms with Gasteiger partial charge in [0.1, 0.15) is 19.3 Å². The van der Waals surface area contributed by atoms with E-state index in [4.69, 9.17) is 9.47 Å². The van der Waals surface area contributed by atoms with Gasteiger partial charge in [0.05, 0.1) is 19.6 Å². The normalized spacial score (nSPS) is 19.0. The molecule has 1 saturated heterocycles. The number of rotatable bonds is 6. The van der Waals surface area contributed by atoms with E-state index in [0.29, 0.717) is 49.8 Å². The highest BCUT2D eigenvalue weighted by Crippen LogP contribution is 2.38. The fraction of sp³-hybridized carbons (Fsp3) is 0.433. The lowest BCUT2D eigenvalue weighted by molar-refractivity contribution is -0.131. The lowest BCUT2D eigenvalue weighted by atomic mass is 9.88. The molecule has 2 aliphatic heterocycles. The molecule has 0 radical (unpaired) electrons. The van der Waals surface area contributed by atoms with Gasteiger partial charge in [-0.1, -0.05) is 12.1 Å². The van der Waals surface area contributed by atoms with E-state index in [0.717, 1.165) is 11.3 Å². The van der Waals surface area contributed by atoms with Crippen LogP contribution in [0.5, 0.6) is 11.5 Å². The number of aromatic nitrogens is 3. The number of anilines is 1. The largest absolute Gasteiger partial charge is 0.493 e. The molecule has 12 nitrogen and oxygen atoms in total. The Kier molecular flexibility index (Phi) is 8.89. The number of likely N-dealkylation sites (tertiary alicyclic amines) is 1. The third kappa shape index (κ3) is 6.48. The number of amides is 3. The van der Waals surface area contributed by atoms with Gasteiger partial charge in [-0.25, -0.2) is 0 Å². The molecule has 1 N–H and O–H groups in total. The first-order valence-electron chi connectivity index (χ1n) is 14.1. The van der Waals surface area contributed by atoms with Crippen LogP contribution in [0, 0.1) is 5.92 Å². The quantitative estimate of drug-likeness (QED) is 0.471. The van der Waals surface area contributed by atoms with Crippen molar-refractivity contribution in [1.82, 2.24) is 29.9 Å². The zero-order valence-corrected chi connectivity index (χ0v) is 24.2. The summed E-state index contributed by atoms with van der Waals surface area (Å²) in [6, 6.07) is 13.1. The maximum atomic E-state index is 13.6. The minimum Gasteiger partial charge on any atom is -0.493 e. The van der Waals surface area contributed by atoms with E-state index >= 15 is 0 Å². The van der Waals surface area contributed by atoms with Crippen molar-refractivity contribution in [3.8, 4) is 11.5 Å². The Morgan fingerprint density at radius 1 is 1.05 bits per heavy atom. The van der Waals surface area contributed by atoms with E-state index in [1.165, 1.54) is 0 Å². The number of nitrogens with zero attached hydrogens (tertiary/aromatic N) is 6. The summed E-state index contributed by atoms with van der Waals surface area (Å²) in [7, 11) is 5.43. The summed E-state index contributed by atoms with van der Waals surface area (Å²) in [6.45, 7) is 2.35. The summed E-state index contributed by atoms with van der Waals surface area (Å²) < 4.78 is 13.5. The van der Waals surface area contributed by atoms with Crippen molar-refractivity contribution in [2.75, 3.05) is 65.4 Å². The van der Waals surface area contributed by atoms with Crippen molar-refractivity contribution >= 4 is 23.4 Å². The van der Waals surface area contributed by atoms with E-state index in [9.17, 15) is 14.4 Å². The lowest BCUT2D eigenvalue weighted by Crippen LogP contribution is -2.43. The van der Waals surface area contributed by atoms with Crippen LogP contribution in [0.1, 0.15) is 28.3 Å². The number of hydrogen-bond donors (Lipinski definition) is 1. The molecule has 2 aliphatic rings. The van der Waals surface area contributed by atoms with Gasteiger partial charge < -0.3 is 34.1 Å². The maximum Gasteiger partial charge on any atom is 0.254 e. The number of nitrogens with one attached hydrogen (secondary N) is 1. The monoisotopic (exact) mass is 575 g/mol. The molecule has 0 aliphatic carbocycles. The summed E-state index contributed by atoms with van der Waals surface area (Å²) >= 11 is 0. The molecule has 1 fully saturated rings. The number of hydrogen-bond acceptors (Lipinski definition) is 8. The number of aryl methyl sites for hydroxylation is 1. The maximum absolute atomic E-state index is 13.6. The number of benzene rings is 2. The second-order valence-electron chi connectivity index (χ2n) is 10.7. The topological polar surface area (TPSA) is 122 Å². The second kappa shape index (κ2) is 12.9. The second-order valence-corrected chi connectivity index (χ2v) is 10.7. The van der Waals surface area contributed by atoms with Crippen LogP contribution < -0.4 is 19.7 Å². The molecule has 3 aromatic rings. The van der Waals surface area contributed by atoms with E-state index < -0.39 is 5.92 Å². The Morgan fingerprint density at radius 3 is 2.60 bits per heavy atom.